The van der Waals surface area contributed by atoms with Crippen LogP contribution < -0.4 is 4.90 Å². The molecule has 0 heterocycles. The zero-order valence-electron chi connectivity index (χ0n) is 9.52. The van der Waals surface area contributed by atoms with Gasteiger partial charge in [0.05, 0.1) is 21.3 Å². The van der Waals surface area contributed by atoms with Gasteiger partial charge in [0.15, 0.2) is 0 Å². The summed E-state index contributed by atoms with van der Waals surface area (Å²) in [5.41, 5.74) is 0. The van der Waals surface area contributed by atoms with E-state index in [1.807, 2.05) is 0 Å². The third-order valence-electron chi connectivity index (χ3n) is 1.74. The third-order valence-corrected chi connectivity index (χ3v) is 1.74. The number of carbonyl (C=O) groups is 3. The van der Waals surface area contributed by atoms with Gasteiger partial charge in [-0.1, -0.05) is 0 Å². The van der Waals surface area contributed by atoms with Gasteiger partial charge in [0.1, 0.15) is 0 Å². The molecule has 0 aromatic carbocycles. The molecule has 16 heavy (non-hydrogen) atoms. The summed E-state index contributed by atoms with van der Waals surface area (Å²) in [5, 5.41) is 0. The number of esters is 3. The fraction of sp³-hybridized carbons (Fsp3) is 0.667. The van der Waals surface area contributed by atoms with E-state index in [0.29, 0.717) is 0 Å². The fourth-order valence-electron chi connectivity index (χ4n) is 0.909. The van der Waals surface area contributed by atoms with Gasteiger partial charge >= 0.3 is 17.9 Å². The molecule has 0 aliphatic rings. The molecule has 91 valence electrons. The highest BCUT2D eigenvalue weighted by Gasteiger charge is 2.27. The van der Waals surface area contributed by atoms with Gasteiger partial charge < -0.3 is 14.2 Å². The van der Waals surface area contributed by atoms with Gasteiger partial charge in [-0.3, -0.25) is 0 Å². The lowest BCUT2D eigenvalue weighted by molar-refractivity contribution is -0.145. The predicted molar refractivity (Wildman–Crippen MR) is 52.8 cm³/mol. The van der Waals surface area contributed by atoms with Crippen molar-refractivity contribution in [1.82, 2.24) is 4.90 Å². The van der Waals surface area contributed by atoms with Gasteiger partial charge in [0, 0.05) is 0 Å². The normalized spacial score (nSPS) is 9.75. The highest BCUT2D eigenvalue weighted by atomic mass is 16.5. The zero-order chi connectivity index (χ0) is 12.6. The number of methoxy groups -OCH3 is 3. The second-order valence-electron chi connectivity index (χ2n) is 2.87. The average Bonchev–Trinajstić information content (AvgIpc) is 2.28. The Morgan fingerprint density at radius 3 is 1.19 bits per heavy atom. The van der Waals surface area contributed by atoms with Gasteiger partial charge in [0.25, 0.3) is 0 Å². The van der Waals surface area contributed by atoms with Gasteiger partial charge in [0.2, 0.25) is 19.6 Å². The molecular formula is C9H15NO6+. The van der Waals surface area contributed by atoms with Crippen LogP contribution in [0.3, 0.4) is 0 Å². The molecule has 0 aromatic rings. The van der Waals surface area contributed by atoms with E-state index in [2.05, 4.69) is 14.2 Å². The van der Waals surface area contributed by atoms with Crippen molar-refractivity contribution < 1.29 is 28.6 Å². The minimum atomic E-state index is -0.548. The van der Waals surface area contributed by atoms with Crippen molar-refractivity contribution in [3.63, 3.8) is 0 Å². The highest BCUT2D eigenvalue weighted by Crippen LogP contribution is 1.89. The van der Waals surface area contributed by atoms with Crippen LogP contribution in [-0.4, -0.2) is 58.9 Å². The number of carbonyl (C=O) groups excluding carboxylic acids is 3. The van der Waals surface area contributed by atoms with Crippen molar-refractivity contribution in [2.45, 2.75) is 0 Å². The molecule has 0 aliphatic heterocycles. The van der Waals surface area contributed by atoms with E-state index < -0.39 is 17.9 Å². The molecule has 0 saturated heterocycles. The summed E-state index contributed by atoms with van der Waals surface area (Å²) in [6.45, 7) is -0.540. The zero-order valence-corrected chi connectivity index (χ0v) is 9.52. The largest absolute Gasteiger partial charge is 0.465 e. The average molecular weight is 233 g/mol. The van der Waals surface area contributed by atoms with Crippen molar-refractivity contribution in [1.29, 1.82) is 0 Å². The van der Waals surface area contributed by atoms with Crippen LogP contribution in [0, 0.1) is 0 Å². The maximum absolute atomic E-state index is 11.0. The van der Waals surface area contributed by atoms with E-state index in [-0.39, 0.29) is 19.6 Å². The maximum atomic E-state index is 11.0. The van der Waals surface area contributed by atoms with Crippen molar-refractivity contribution in [2.75, 3.05) is 41.0 Å². The van der Waals surface area contributed by atoms with Crippen LogP contribution in [0.25, 0.3) is 0 Å². The van der Waals surface area contributed by atoms with Gasteiger partial charge in [-0.2, -0.15) is 0 Å². The Balaban J connectivity index is 4.31. The fourth-order valence-corrected chi connectivity index (χ4v) is 0.909. The lowest BCUT2D eigenvalue weighted by Gasteiger charge is -2.08. The molecule has 0 amide bonds. The molecule has 0 bridgehead atoms. The van der Waals surface area contributed by atoms with Crippen LogP contribution in [0.5, 0.6) is 0 Å². The Bertz CT molecular complexity index is 222. The van der Waals surface area contributed by atoms with E-state index >= 15 is 0 Å². The molecule has 0 aliphatic carbocycles. The molecule has 1 radical (unpaired) electrons. The minimum Gasteiger partial charge on any atom is -0.465 e. The summed E-state index contributed by atoms with van der Waals surface area (Å²) in [5.74, 6) is -1.64. The molecule has 7 heteroatoms. The van der Waals surface area contributed by atoms with E-state index in [1.165, 1.54) is 26.2 Å². The molecule has 0 rings (SSSR count). The van der Waals surface area contributed by atoms with E-state index in [4.69, 9.17) is 0 Å². The highest BCUT2D eigenvalue weighted by molar-refractivity contribution is 5.78. The summed E-state index contributed by atoms with van der Waals surface area (Å²) < 4.78 is 13.3. The minimum absolute atomic E-state index is 0.180. The van der Waals surface area contributed by atoms with E-state index in [9.17, 15) is 14.4 Å². The Kier molecular flexibility index (Phi) is 6.86. The molecular weight excluding hydrogens is 218 g/mol. The molecule has 0 N–H and O–H groups in total. The van der Waals surface area contributed by atoms with E-state index in [1.54, 1.807) is 0 Å². The van der Waals surface area contributed by atoms with Crippen LogP contribution in [-0.2, 0) is 28.6 Å². The van der Waals surface area contributed by atoms with Crippen molar-refractivity contribution in [3.8, 4) is 0 Å². The van der Waals surface area contributed by atoms with Crippen LogP contribution in [0.2, 0.25) is 0 Å². The number of rotatable bonds is 6. The monoisotopic (exact) mass is 233 g/mol. The molecule has 0 atom stereocenters. The molecule has 0 fully saturated rings. The first-order valence-corrected chi connectivity index (χ1v) is 4.46. The van der Waals surface area contributed by atoms with Crippen LogP contribution in [0.4, 0.5) is 0 Å². The first-order valence-electron chi connectivity index (χ1n) is 4.46. The Labute approximate surface area is 93.2 Å². The quantitative estimate of drug-likeness (QED) is 0.320. The second kappa shape index (κ2) is 7.63. The van der Waals surface area contributed by atoms with Crippen molar-refractivity contribution in [3.05, 3.63) is 0 Å². The first kappa shape index (κ1) is 14.4. The van der Waals surface area contributed by atoms with Gasteiger partial charge in [-0.25, -0.2) is 14.4 Å². The smallest absolute Gasteiger partial charge is 0.366 e. The van der Waals surface area contributed by atoms with E-state index in [0.717, 1.165) is 0 Å². The number of ether oxygens (including phenoxy) is 3. The summed E-state index contributed by atoms with van der Waals surface area (Å²) in [7, 11) is 3.66. The molecule has 7 nitrogen and oxygen atoms in total. The standard InChI is InChI=1S/C9H15NO6/c1-14-7(11)4-10(5-8(12)15-2)6-9(13)16-3/h4-6H2,1-3H3/q+1. The van der Waals surface area contributed by atoms with Gasteiger partial charge in [-0.05, 0) is 0 Å². The lowest BCUT2D eigenvalue weighted by Crippen LogP contribution is -2.44. The summed E-state index contributed by atoms with van der Waals surface area (Å²) in [4.78, 5) is 34.2. The molecule has 0 aromatic heterocycles. The summed E-state index contributed by atoms with van der Waals surface area (Å²) in [6.07, 6.45) is 0. The van der Waals surface area contributed by atoms with Gasteiger partial charge in [-0.15, -0.1) is 4.90 Å². The van der Waals surface area contributed by atoms with Crippen LogP contribution in [0.15, 0.2) is 0 Å². The SMILES string of the molecule is COC(=O)C[N+](CC(=O)OC)CC(=O)OC. The Morgan fingerprint density at radius 2 is 1.00 bits per heavy atom. The maximum Gasteiger partial charge on any atom is 0.366 e. The predicted octanol–water partition coefficient (Wildman–Crippen LogP) is -1.35. The van der Waals surface area contributed by atoms with Crippen LogP contribution >= 0.6 is 0 Å². The number of hydrogen-bond acceptors (Lipinski definition) is 7. The number of nitrogens with zero attached hydrogens (tertiary/aromatic N) is 1. The van der Waals surface area contributed by atoms with Crippen molar-refractivity contribution in [2.24, 2.45) is 0 Å². The summed E-state index contributed by atoms with van der Waals surface area (Å²) >= 11 is 0. The Hall–Kier alpha value is -1.63. The van der Waals surface area contributed by atoms with Crippen molar-refractivity contribution >= 4 is 17.9 Å². The lowest BCUT2D eigenvalue weighted by atomic mass is 10.4. The molecule has 0 saturated carbocycles. The van der Waals surface area contributed by atoms with Crippen LogP contribution in [0.1, 0.15) is 0 Å². The Morgan fingerprint density at radius 1 is 0.750 bits per heavy atom. The third kappa shape index (κ3) is 5.97. The first-order chi connectivity index (χ1) is 7.53. The summed E-state index contributed by atoms with van der Waals surface area (Å²) in [6, 6.07) is 0. The second-order valence-corrected chi connectivity index (χ2v) is 2.87. The number of hydrogen-bond donors (Lipinski definition) is 0. The topological polar surface area (TPSA) is 84.8 Å². The molecule has 0 unspecified atom stereocenters. The molecule has 0 spiro atoms.